The van der Waals surface area contributed by atoms with Gasteiger partial charge in [0.1, 0.15) is 13.2 Å². The first-order chi connectivity index (χ1) is 42.4. The van der Waals surface area contributed by atoms with Crippen LogP contribution in [0.25, 0.3) is 0 Å². The lowest BCUT2D eigenvalue weighted by Crippen LogP contribution is -2.76. The minimum atomic E-state index is -9.59. The number of halogens is 30. The molecule has 0 N–H and O–H groups in total. The molecule has 95 heavy (non-hydrogen) atoms. The predicted molar refractivity (Wildman–Crippen MR) is 238 cm³/mol. The molecule has 49 heteroatoms. The van der Waals surface area contributed by atoms with Crippen molar-refractivity contribution in [3.63, 3.8) is 0 Å². The fraction of sp³-hybridized carbons (Fsp3) is 0.609. The van der Waals surface area contributed by atoms with Gasteiger partial charge in [0.05, 0.1) is 26.2 Å². The van der Waals surface area contributed by atoms with Crippen molar-refractivity contribution in [2.45, 2.75) is 97.1 Å². The van der Waals surface area contributed by atoms with Gasteiger partial charge in [-0.3, -0.25) is 9.47 Å². The quantitative estimate of drug-likeness (QED) is 0.0239. The molecule has 0 aromatic heterocycles. The lowest BCUT2D eigenvalue weighted by atomic mass is 9.81. The molecule has 19 nitrogen and oxygen atoms in total. The molecule has 0 aromatic rings. The summed E-state index contributed by atoms with van der Waals surface area (Å²) in [4.78, 5) is 68.2. The largest absolute Gasteiger partial charge is 0.462 e. The van der Waals surface area contributed by atoms with Crippen LogP contribution >= 0.6 is 0 Å². The molecule has 0 heterocycles. The van der Waals surface area contributed by atoms with E-state index in [-0.39, 0.29) is 36.5 Å². The number of rotatable bonds is 46. The second kappa shape index (κ2) is 31.4. The maximum atomic E-state index is 17.4. The monoisotopic (exact) mass is 1470 g/mol. The second-order valence-corrected chi connectivity index (χ2v) is 17.6. The number of ether oxygens (including phenoxy) is 13. The molecule has 0 amide bonds. The minimum absolute atomic E-state index is 0.0593. The van der Waals surface area contributed by atoms with Crippen LogP contribution in [0.3, 0.4) is 0 Å². The summed E-state index contributed by atoms with van der Waals surface area (Å²) < 4.78 is 514. The Morgan fingerprint density at radius 3 is 0.684 bits per heavy atom. The Morgan fingerprint density at radius 2 is 0.453 bits per heavy atom. The number of hydrogen-bond donors (Lipinski definition) is 0. The Balaban J connectivity index is 10.3. The van der Waals surface area contributed by atoms with Crippen molar-refractivity contribution in [2.75, 3.05) is 66.1 Å². The highest BCUT2D eigenvalue weighted by molar-refractivity contribution is 5.83. The summed E-state index contributed by atoms with van der Waals surface area (Å²) in [6.45, 7) is -21.7. The summed E-state index contributed by atoms with van der Waals surface area (Å²) in [5, 5.41) is 0. The fourth-order valence-corrected chi connectivity index (χ4v) is 5.65. The normalized spacial score (nSPS) is 14.7. The summed E-state index contributed by atoms with van der Waals surface area (Å²) in [5.74, 6) is -46.5. The maximum Gasteiger partial charge on any atom is 0.427 e. The Kier molecular flexibility index (Phi) is 29.0. The van der Waals surface area contributed by atoms with E-state index >= 15 is 87.8 Å². The zero-order chi connectivity index (χ0) is 75.2. The molecule has 548 valence electrons. The summed E-state index contributed by atoms with van der Waals surface area (Å²) in [6, 6.07) is 0. The highest BCUT2D eigenvalue weighted by atomic mass is 19.4. The molecule has 0 aliphatic heterocycles. The van der Waals surface area contributed by atoms with Crippen molar-refractivity contribution in [1.82, 2.24) is 0 Å². The zero-order valence-corrected chi connectivity index (χ0v) is 46.1. The van der Waals surface area contributed by atoms with Crippen LogP contribution in [0.4, 0.5) is 132 Å². The molecular formula is C46H40F30O19. The van der Waals surface area contributed by atoms with Gasteiger partial charge in [-0.15, -0.1) is 0 Å². The highest BCUT2D eigenvalue weighted by Crippen LogP contribution is 2.68. The summed E-state index contributed by atoms with van der Waals surface area (Å²) in [6.07, 6.45) is -90.8. The van der Waals surface area contributed by atoms with Crippen molar-refractivity contribution < 1.29 is 222 Å². The molecular weight excluding hydrogens is 1430 g/mol. The van der Waals surface area contributed by atoms with E-state index in [1.807, 2.05) is 18.9 Å². The van der Waals surface area contributed by atoms with Crippen LogP contribution in [0, 0.1) is 10.8 Å². The van der Waals surface area contributed by atoms with Crippen LogP contribution in [0.15, 0.2) is 75.9 Å². The Labute approximate surface area is 507 Å². The van der Waals surface area contributed by atoms with Crippen molar-refractivity contribution in [2.24, 2.45) is 10.8 Å². The van der Waals surface area contributed by atoms with Gasteiger partial charge in [0.25, 0.3) is 10.8 Å². The maximum absolute atomic E-state index is 17.4. The Morgan fingerprint density at radius 1 is 0.253 bits per heavy atom. The Bertz CT molecular complexity index is 2680. The van der Waals surface area contributed by atoms with Crippen LogP contribution < -0.4 is 0 Å². The highest BCUT2D eigenvalue weighted by Gasteiger charge is 2.93. The lowest BCUT2D eigenvalue weighted by Gasteiger charge is -2.51. The van der Waals surface area contributed by atoms with Crippen molar-refractivity contribution in [3.05, 3.63) is 75.9 Å². The number of carbonyl (C=O) groups excluding carboxylic acids is 6. The fourth-order valence-electron chi connectivity index (χ4n) is 5.65. The van der Waals surface area contributed by atoms with E-state index in [1.54, 1.807) is 0 Å². The van der Waals surface area contributed by atoms with Crippen LogP contribution in [0.1, 0.15) is 6.42 Å². The molecule has 0 radical (unpaired) electrons. The number of esters is 6. The summed E-state index contributed by atoms with van der Waals surface area (Å²) in [7, 11) is 0. The number of alkyl halides is 30. The molecule has 0 aromatic carbocycles. The van der Waals surface area contributed by atoms with Crippen molar-refractivity contribution in [1.29, 1.82) is 0 Å². The van der Waals surface area contributed by atoms with Gasteiger partial charge < -0.3 is 37.9 Å². The number of hydrogen-bond acceptors (Lipinski definition) is 19. The molecule has 1 atom stereocenters. The Hall–Kier alpha value is -7.12. The molecule has 0 rings (SSSR count). The molecule has 0 aliphatic carbocycles. The first kappa shape index (κ1) is 87.9. The standard InChI is InChI=1S/C46H40F30O19/c1-7-24(77)85-14-13-37(57,58)91-38(59,60)32(19-83-15-30(47,48)17-86-25(78)8-2,41(65,66)93-44(71,72)34(51,52)21-88-27(80)10-4)39(61,62)92-40(63,64)33(20-84-16-31(49,50)18-87-26(79)9-3,42(67,68)94-45(73,74)35(53,54)22-89-28(81)11-5)43(69,70)95-46(75,76)36(55,56)23-90-29(82)12-6/h7-12H,1-6,13-23H2. The van der Waals surface area contributed by atoms with Gasteiger partial charge in [-0.2, -0.15) is 114 Å². The molecule has 0 saturated carbocycles. The van der Waals surface area contributed by atoms with Crippen LogP contribution in [0.5, 0.6) is 0 Å². The van der Waals surface area contributed by atoms with Gasteiger partial charge in [0.2, 0.25) is 0 Å². The SMILES string of the molecule is C=CC(=O)OCCC(F)(F)OC(F)(F)C(COCC(F)(F)COC(=O)C=C)(C(F)(F)OC(F)(F)C(F)(F)COC(=O)C=C)C(F)(F)OC(F)(F)C(COCC(F)(F)COC(=O)C=C)(C(F)(F)OC(F)(F)C(F)(F)COC(=O)C=C)C(F)(F)OC(F)(F)C(F)(F)COC(=O)C=C. The van der Waals surface area contributed by atoms with E-state index < -0.39 is 210 Å². The van der Waals surface area contributed by atoms with Crippen LogP contribution in [-0.2, 0) is 90.3 Å². The van der Waals surface area contributed by atoms with Gasteiger partial charge in [-0.25, -0.2) is 60.5 Å². The first-order valence-electron chi connectivity index (χ1n) is 23.5. The molecule has 0 bridgehead atoms. The van der Waals surface area contributed by atoms with Crippen LogP contribution in [-0.4, -0.2) is 193 Å². The van der Waals surface area contributed by atoms with Gasteiger partial charge in [0.15, 0.2) is 33.0 Å². The third-order valence-electron chi connectivity index (χ3n) is 10.5. The van der Waals surface area contributed by atoms with Crippen molar-refractivity contribution in [3.8, 4) is 0 Å². The average molecular weight is 1470 g/mol. The average Bonchev–Trinajstić information content (AvgIpc) is 0.691. The van der Waals surface area contributed by atoms with E-state index in [2.05, 4.69) is 82.1 Å². The van der Waals surface area contributed by atoms with E-state index in [1.165, 1.54) is 0 Å². The van der Waals surface area contributed by atoms with Crippen molar-refractivity contribution >= 4 is 35.8 Å². The zero-order valence-electron chi connectivity index (χ0n) is 46.1. The van der Waals surface area contributed by atoms with Gasteiger partial charge in [0, 0.05) is 36.5 Å². The lowest BCUT2D eigenvalue weighted by molar-refractivity contribution is -0.596. The van der Waals surface area contributed by atoms with E-state index in [0.29, 0.717) is 0 Å². The minimum Gasteiger partial charge on any atom is -0.462 e. The van der Waals surface area contributed by atoms with Crippen LogP contribution in [0.2, 0.25) is 0 Å². The third kappa shape index (κ3) is 21.9. The second-order valence-electron chi connectivity index (χ2n) is 17.6. The van der Waals surface area contributed by atoms with Gasteiger partial charge in [-0.1, -0.05) is 39.5 Å². The first-order valence-corrected chi connectivity index (χ1v) is 23.5. The topological polar surface area (TPSA) is 222 Å². The third-order valence-corrected chi connectivity index (χ3v) is 10.5. The molecule has 1 unspecified atom stereocenters. The molecule has 0 aliphatic rings. The molecule has 0 spiro atoms. The van der Waals surface area contributed by atoms with E-state index in [4.69, 9.17) is 0 Å². The summed E-state index contributed by atoms with van der Waals surface area (Å²) >= 11 is 0. The predicted octanol–water partition coefficient (Wildman–Crippen LogP) is 10.9. The molecule has 0 saturated heterocycles. The van der Waals surface area contributed by atoms with E-state index in [9.17, 15) is 72.7 Å². The molecule has 0 fully saturated rings. The van der Waals surface area contributed by atoms with Gasteiger partial charge >= 0.3 is 127 Å². The smallest absolute Gasteiger partial charge is 0.427 e. The number of carbonyl (C=O) groups is 6. The van der Waals surface area contributed by atoms with E-state index in [0.717, 1.165) is 0 Å². The summed E-state index contributed by atoms with van der Waals surface area (Å²) in [5.41, 5.74) is -17.9. The van der Waals surface area contributed by atoms with Gasteiger partial charge in [-0.05, 0) is 0 Å².